The summed E-state index contributed by atoms with van der Waals surface area (Å²) in [5.41, 5.74) is 0. The van der Waals surface area contributed by atoms with Gasteiger partial charge in [-0.05, 0) is 26.7 Å². The normalized spacial score (nSPS) is 12.0. The third kappa shape index (κ3) is 19.7. The second kappa shape index (κ2) is 13.1. The highest BCUT2D eigenvalue weighted by molar-refractivity contribution is 7.43. The molecule has 0 saturated carbocycles. The highest BCUT2D eigenvalue weighted by Gasteiger charge is 2.28. The second-order valence-electron chi connectivity index (χ2n) is 6.87. The van der Waals surface area contributed by atoms with Gasteiger partial charge in [0.25, 0.3) is 7.82 Å². The Bertz CT molecular complexity index is 344. The predicted molar refractivity (Wildman–Crippen MR) is 91.5 cm³/mol. The van der Waals surface area contributed by atoms with Crippen molar-refractivity contribution in [3.05, 3.63) is 0 Å². The molecule has 0 aliphatic rings. The highest BCUT2D eigenvalue weighted by atomic mass is 31.2. The van der Waals surface area contributed by atoms with Crippen LogP contribution in [-0.4, -0.2) is 40.8 Å². The van der Waals surface area contributed by atoms with Crippen molar-refractivity contribution in [2.24, 2.45) is 5.92 Å². The molecule has 0 spiro atoms. The number of hydrogen-bond acceptors (Lipinski definition) is 3. The molecular weight excluding hydrogens is 317 g/mol. The van der Waals surface area contributed by atoms with Crippen molar-refractivity contribution in [3.63, 3.8) is 0 Å². The van der Waals surface area contributed by atoms with Crippen molar-refractivity contribution in [1.82, 2.24) is 0 Å². The van der Waals surface area contributed by atoms with Crippen LogP contribution in [0.5, 0.6) is 0 Å². The maximum absolute atomic E-state index is 12.0. The predicted octanol–water partition coefficient (Wildman–Crippen LogP) is 2.83. The first-order valence-corrected chi connectivity index (χ1v) is 10.1. The minimum absolute atomic E-state index is 0.147. The average molecular weight is 353 g/mol. The zero-order valence-electron chi connectivity index (χ0n) is 15.5. The van der Waals surface area contributed by atoms with Crippen LogP contribution in [0, 0.1) is 5.92 Å². The largest absolute Gasteiger partial charge is 0.756 e. The van der Waals surface area contributed by atoms with E-state index >= 15 is 0 Å². The Balaban J connectivity index is 0. The summed E-state index contributed by atoms with van der Waals surface area (Å²) in [5.74, 6) is 0.506. The molecule has 0 saturated heterocycles. The molecule has 2 N–H and O–H groups in total. The summed E-state index contributed by atoms with van der Waals surface area (Å²) >= 11 is 0. The topological polar surface area (TPSA) is 97.7 Å². The van der Waals surface area contributed by atoms with Crippen molar-refractivity contribution >= 4 is 13.7 Å². The lowest BCUT2D eigenvalue weighted by atomic mass is 10.1. The highest BCUT2D eigenvalue weighted by Crippen LogP contribution is 2.19. The molecule has 0 fully saturated rings. The first-order chi connectivity index (χ1) is 10.4. The van der Waals surface area contributed by atoms with E-state index in [1.807, 2.05) is 27.9 Å². The van der Waals surface area contributed by atoms with E-state index in [1.54, 1.807) is 0 Å². The molecular formula is C16H36NO5P. The molecule has 0 unspecified atom stereocenters. The van der Waals surface area contributed by atoms with Crippen LogP contribution in [0.25, 0.3) is 0 Å². The van der Waals surface area contributed by atoms with Gasteiger partial charge in [0.15, 0.2) is 0 Å². The molecule has 0 aliphatic heterocycles. The van der Waals surface area contributed by atoms with Crippen LogP contribution in [0.4, 0.5) is 0 Å². The summed E-state index contributed by atoms with van der Waals surface area (Å²) in [6.45, 7) is 7.24. The molecule has 7 heteroatoms. The molecule has 6 nitrogen and oxygen atoms in total. The van der Waals surface area contributed by atoms with Crippen molar-refractivity contribution in [2.75, 3.05) is 20.6 Å². The van der Waals surface area contributed by atoms with Gasteiger partial charge in [0.2, 0.25) is 0 Å². The van der Waals surface area contributed by atoms with Crippen molar-refractivity contribution in [2.45, 2.75) is 72.1 Å². The van der Waals surface area contributed by atoms with Gasteiger partial charge in [0.1, 0.15) is 0 Å². The Morgan fingerprint density at radius 2 is 1.35 bits per heavy atom. The average Bonchev–Trinajstić information content (AvgIpc) is 2.38. The summed E-state index contributed by atoms with van der Waals surface area (Å²) in [6, 6.07) is 0. The lowest BCUT2D eigenvalue weighted by Crippen LogP contribution is -2.48. The maximum Gasteiger partial charge on any atom is 0.315 e. The SMILES string of the molecule is CCCCCCCCCC[N+](C)(C)C(=O)C(C)C.O=P([O-])(O)O. The van der Waals surface area contributed by atoms with Crippen molar-refractivity contribution in [3.8, 4) is 0 Å². The molecule has 0 aromatic carbocycles. The third-order valence-corrected chi connectivity index (χ3v) is 3.66. The van der Waals surface area contributed by atoms with E-state index < -0.39 is 7.82 Å². The van der Waals surface area contributed by atoms with Gasteiger partial charge in [0, 0.05) is 0 Å². The molecule has 23 heavy (non-hydrogen) atoms. The van der Waals surface area contributed by atoms with E-state index in [4.69, 9.17) is 19.2 Å². The van der Waals surface area contributed by atoms with Crippen LogP contribution >= 0.6 is 7.82 Å². The van der Waals surface area contributed by atoms with Gasteiger partial charge in [-0.2, -0.15) is 0 Å². The molecule has 0 atom stereocenters. The number of hydrogen-bond donors (Lipinski definition) is 2. The van der Waals surface area contributed by atoms with Gasteiger partial charge in [-0.25, -0.2) is 4.79 Å². The Morgan fingerprint density at radius 3 is 1.70 bits per heavy atom. The Hall–Kier alpha value is -0.260. The Kier molecular flexibility index (Phi) is 14.2. The fraction of sp³-hybridized carbons (Fsp3) is 0.938. The Labute approximate surface area is 141 Å². The summed E-state index contributed by atoms with van der Waals surface area (Å²) in [5, 5.41) is 0. The van der Waals surface area contributed by atoms with Crippen molar-refractivity contribution in [1.29, 1.82) is 0 Å². The molecule has 0 aromatic rings. The van der Waals surface area contributed by atoms with Gasteiger partial charge in [0.05, 0.1) is 26.6 Å². The lowest BCUT2D eigenvalue weighted by Gasteiger charge is -2.28. The molecule has 0 aromatic heterocycles. The number of phosphoric acid groups is 1. The standard InChI is InChI=1S/C16H34NO.H3O4P/c1-6-7-8-9-10-11-12-13-14-17(4,5)16(18)15(2)3;1-5(2,3)4/h15H,6-14H2,1-5H3;(H3,1,2,3,4)/q+1;/p-1. The smallest absolute Gasteiger partial charge is 0.315 e. The van der Waals surface area contributed by atoms with Crippen LogP contribution in [-0.2, 0) is 9.36 Å². The second-order valence-corrected chi connectivity index (χ2v) is 7.85. The van der Waals surface area contributed by atoms with Crippen LogP contribution in [0.15, 0.2) is 0 Å². The van der Waals surface area contributed by atoms with E-state index in [2.05, 4.69) is 6.92 Å². The van der Waals surface area contributed by atoms with Gasteiger partial charge >= 0.3 is 5.91 Å². The number of quaternary nitrogens is 1. The quantitative estimate of drug-likeness (QED) is 0.357. The molecule has 0 bridgehead atoms. The van der Waals surface area contributed by atoms with E-state index in [9.17, 15) is 4.79 Å². The lowest BCUT2D eigenvalue weighted by molar-refractivity contribution is -0.815. The summed E-state index contributed by atoms with van der Waals surface area (Å²) in [4.78, 5) is 34.9. The third-order valence-electron chi connectivity index (χ3n) is 3.66. The first-order valence-electron chi connectivity index (χ1n) is 8.55. The fourth-order valence-electron chi connectivity index (χ4n) is 2.45. The van der Waals surface area contributed by atoms with Gasteiger partial charge < -0.3 is 14.7 Å². The number of rotatable bonds is 10. The summed E-state index contributed by atoms with van der Waals surface area (Å²) in [6.07, 6.45) is 10.6. The number of carbonyl (C=O) groups is 1. The van der Waals surface area contributed by atoms with Gasteiger partial charge in [-0.15, -0.1) is 0 Å². The summed E-state index contributed by atoms with van der Waals surface area (Å²) in [7, 11) is -0.798. The fourth-order valence-corrected chi connectivity index (χ4v) is 2.45. The number of amides is 1. The molecule has 1 amide bonds. The van der Waals surface area contributed by atoms with Crippen molar-refractivity contribution < 1.29 is 28.5 Å². The number of carbonyl (C=O) groups excluding carboxylic acids is 1. The molecule has 140 valence electrons. The van der Waals surface area contributed by atoms with E-state index in [-0.39, 0.29) is 5.92 Å². The van der Waals surface area contributed by atoms with E-state index in [0.717, 1.165) is 6.54 Å². The monoisotopic (exact) mass is 353 g/mol. The molecule has 0 rings (SSSR count). The van der Waals surface area contributed by atoms with Crippen LogP contribution in [0.3, 0.4) is 0 Å². The van der Waals surface area contributed by atoms with E-state index in [0.29, 0.717) is 10.4 Å². The van der Waals surface area contributed by atoms with Gasteiger partial charge in [-0.1, -0.05) is 45.4 Å². The summed E-state index contributed by atoms with van der Waals surface area (Å²) < 4.78 is 9.32. The van der Waals surface area contributed by atoms with Crippen LogP contribution in [0.1, 0.15) is 72.1 Å². The van der Waals surface area contributed by atoms with Crippen LogP contribution in [0.2, 0.25) is 0 Å². The van der Waals surface area contributed by atoms with Gasteiger partial charge in [-0.3, -0.25) is 9.05 Å². The van der Waals surface area contributed by atoms with Crippen LogP contribution < -0.4 is 4.89 Å². The Morgan fingerprint density at radius 1 is 1.00 bits per heavy atom. The molecule has 0 aliphatic carbocycles. The first kappa shape index (κ1) is 25.0. The maximum atomic E-state index is 12.0. The molecule has 0 heterocycles. The zero-order chi connectivity index (χ0) is 18.5. The minimum atomic E-state index is -4.89. The van der Waals surface area contributed by atoms with E-state index in [1.165, 1.54) is 51.4 Å². The number of unbranched alkanes of at least 4 members (excludes halogenated alkanes) is 7. The molecule has 0 radical (unpaired) electrons. The zero-order valence-corrected chi connectivity index (χ0v) is 16.3. The number of nitrogens with zero attached hydrogens (tertiary/aromatic N) is 1. The minimum Gasteiger partial charge on any atom is -0.756 e.